The van der Waals surface area contributed by atoms with Gasteiger partial charge in [0.25, 0.3) is 0 Å². The quantitative estimate of drug-likeness (QED) is 0.837. The lowest BCUT2D eigenvalue weighted by atomic mass is 10.0. The van der Waals surface area contributed by atoms with E-state index in [0.29, 0.717) is 24.1 Å². The Labute approximate surface area is 148 Å². The van der Waals surface area contributed by atoms with Crippen LogP contribution in [-0.4, -0.2) is 65.9 Å². The lowest BCUT2D eigenvalue weighted by molar-refractivity contribution is -0.130. The van der Waals surface area contributed by atoms with Gasteiger partial charge < -0.3 is 4.90 Å². The summed E-state index contributed by atoms with van der Waals surface area (Å²) < 4.78 is 13.3. The summed E-state index contributed by atoms with van der Waals surface area (Å²) in [6.07, 6.45) is 0. The van der Waals surface area contributed by atoms with Crippen molar-refractivity contribution in [3.63, 3.8) is 0 Å². The summed E-state index contributed by atoms with van der Waals surface area (Å²) in [5, 5.41) is 9.22. The average Bonchev–Trinajstić information content (AvgIpc) is 2.97. The van der Waals surface area contributed by atoms with E-state index in [1.807, 2.05) is 4.90 Å². The van der Waals surface area contributed by atoms with Gasteiger partial charge in [-0.05, 0) is 23.6 Å². The zero-order valence-corrected chi connectivity index (χ0v) is 14.9. The Balaban J connectivity index is 1.61. The van der Waals surface area contributed by atoms with Gasteiger partial charge >= 0.3 is 0 Å². The van der Waals surface area contributed by atoms with Crippen LogP contribution in [0.3, 0.4) is 0 Å². The van der Waals surface area contributed by atoms with Gasteiger partial charge in [0.05, 0.1) is 11.6 Å². The molecule has 0 saturated carbocycles. The number of likely N-dealkylation sites (tertiary alicyclic amines) is 1. The highest BCUT2D eigenvalue weighted by Crippen LogP contribution is 2.25. The molecule has 2 atom stereocenters. The standard InChI is InChI=1S/C19H25FN4O/c1-14-11-22(12-16-3-4-18(20)9-17(16)10-21)13-19(14)24-7-5-23(6-8-24)15(2)25/h3-4,9,14,19H,5-8,11-13H2,1-2H3/t14-,19-/m1/s1. The summed E-state index contributed by atoms with van der Waals surface area (Å²) in [6.45, 7) is 9.93. The second-order valence-electron chi connectivity index (χ2n) is 7.19. The van der Waals surface area contributed by atoms with E-state index in [2.05, 4.69) is 22.8 Å². The van der Waals surface area contributed by atoms with Gasteiger partial charge in [0.1, 0.15) is 5.82 Å². The molecule has 2 aliphatic heterocycles. The number of hydrogen-bond acceptors (Lipinski definition) is 4. The first-order chi connectivity index (χ1) is 12.0. The third-order valence-electron chi connectivity index (χ3n) is 5.46. The smallest absolute Gasteiger partial charge is 0.219 e. The second kappa shape index (κ2) is 7.51. The first-order valence-electron chi connectivity index (χ1n) is 8.88. The summed E-state index contributed by atoms with van der Waals surface area (Å²) in [7, 11) is 0. The van der Waals surface area contributed by atoms with Gasteiger partial charge in [-0.3, -0.25) is 14.6 Å². The molecule has 1 aromatic rings. The van der Waals surface area contributed by atoms with Crippen LogP contribution < -0.4 is 0 Å². The fourth-order valence-electron chi connectivity index (χ4n) is 4.05. The molecule has 1 amide bonds. The summed E-state index contributed by atoms with van der Waals surface area (Å²) in [6, 6.07) is 7.03. The lowest BCUT2D eigenvalue weighted by Crippen LogP contribution is -2.53. The van der Waals surface area contributed by atoms with E-state index in [1.54, 1.807) is 13.0 Å². The molecule has 134 valence electrons. The van der Waals surface area contributed by atoms with Crippen LogP contribution in [0, 0.1) is 23.1 Å². The highest BCUT2D eigenvalue weighted by Gasteiger charge is 2.35. The van der Waals surface area contributed by atoms with Crippen molar-refractivity contribution in [3.8, 4) is 6.07 Å². The molecule has 2 aliphatic rings. The number of halogens is 1. The summed E-state index contributed by atoms with van der Waals surface area (Å²) in [4.78, 5) is 18.2. The van der Waals surface area contributed by atoms with Crippen LogP contribution in [0.15, 0.2) is 18.2 Å². The van der Waals surface area contributed by atoms with E-state index in [0.717, 1.165) is 44.8 Å². The Kier molecular flexibility index (Phi) is 5.36. The second-order valence-corrected chi connectivity index (χ2v) is 7.19. The molecular weight excluding hydrogens is 319 g/mol. The van der Waals surface area contributed by atoms with Crippen LogP contribution >= 0.6 is 0 Å². The number of amides is 1. The number of nitrogens with zero attached hydrogens (tertiary/aromatic N) is 4. The largest absolute Gasteiger partial charge is 0.340 e. The first kappa shape index (κ1) is 17.8. The summed E-state index contributed by atoms with van der Waals surface area (Å²) in [5.74, 6) is 0.326. The van der Waals surface area contributed by atoms with E-state index in [-0.39, 0.29) is 11.7 Å². The van der Waals surface area contributed by atoms with Gasteiger partial charge in [-0.25, -0.2) is 4.39 Å². The summed E-state index contributed by atoms with van der Waals surface area (Å²) in [5.41, 5.74) is 1.31. The number of piperazine rings is 1. The molecule has 1 aromatic carbocycles. The fraction of sp³-hybridized carbons (Fsp3) is 0.579. The zero-order valence-electron chi connectivity index (χ0n) is 14.9. The Bertz CT molecular complexity index is 678. The lowest BCUT2D eigenvalue weighted by Gasteiger charge is -2.39. The molecule has 5 nitrogen and oxygen atoms in total. The minimum atomic E-state index is -0.365. The molecular formula is C19H25FN4O. The first-order valence-corrected chi connectivity index (χ1v) is 8.88. The normalized spacial score (nSPS) is 25.1. The van der Waals surface area contributed by atoms with Crippen LogP contribution in [0.2, 0.25) is 0 Å². The number of nitriles is 1. The number of benzene rings is 1. The van der Waals surface area contributed by atoms with E-state index < -0.39 is 0 Å². The van der Waals surface area contributed by atoms with Crippen molar-refractivity contribution in [2.24, 2.45) is 5.92 Å². The Morgan fingerprint density at radius 1 is 1.28 bits per heavy atom. The molecule has 0 radical (unpaired) electrons. The molecule has 2 saturated heterocycles. The molecule has 25 heavy (non-hydrogen) atoms. The van der Waals surface area contributed by atoms with E-state index in [4.69, 9.17) is 0 Å². The maximum absolute atomic E-state index is 13.3. The fourth-order valence-corrected chi connectivity index (χ4v) is 4.05. The van der Waals surface area contributed by atoms with Crippen LogP contribution in [0.25, 0.3) is 0 Å². The summed E-state index contributed by atoms with van der Waals surface area (Å²) >= 11 is 0. The van der Waals surface area contributed by atoms with E-state index in [9.17, 15) is 14.4 Å². The average molecular weight is 344 g/mol. The zero-order chi connectivity index (χ0) is 18.0. The third kappa shape index (κ3) is 4.00. The van der Waals surface area contributed by atoms with Crippen LogP contribution in [0.1, 0.15) is 25.0 Å². The maximum Gasteiger partial charge on any atom is 0.219 e. The molecule has 6 heteroatoms. The number of rotatable bonds is 3. The maximum atomic E-state index is 13.3. The van der Waals surface area contributed by atoms with Gasteiger partial charge in [0.15, 0.2) is 0 Å². The monoisotopic (exact) mass is 344 g/mol. The molecule has 0 N–H and O–H groups in total. The molecule has 0 spiro atoms. The number of carbonyl (C=O) groups is 1. The van der Waals surface area contributed by atoms with Gasteiger partial charge in [-0.15, -0.1) is 0 Å². The van der Waals surface area contributed by atoms with Crippen molar-refractivity contribution < 1.29 is 9.18 Å². The molecule has 2 heterocycles. The van der Waals surface area contributed by atoms with Crippen LogP contribution in [-0.2, 0) is 11.3 Å². The van der Waals surface area contributed by atoms with Gasteiger partial charge in [-0.2, -0.15) is 5.26 Å². The Morgan fingerprint density at radius 2 is 2.00 bits per heavy atom. The highest BCUT2D eigenvalue weighted by molar-refractivity contribution is 5.73. The van der Waals surface area contributed by atoms with Gasteiger partial charge in [-0.1, -0.05) is 13.0 Å². The molecule has 0 bridgehead atoms. The highest BCUT2D eigenvalue weighted by atomic mass is 19.1. The van der Waals surface area contributed by atoms with Crippen molar-refractivity contribution in [1.82, 2.24) is 14.7 Å². The van der Waals surface area contributed by atoms with E-state index >= 15 is 0 Å². The van der Waals surface area contributed by atoms with Gasteiger partial charge in [0, 0.05) is 58.8 Å². The van der Waals surface area contributed by atoms with Crippen molar-refractivity contribution >= 4 is 5.91 Å². The topological polar surface area (TPSA) is 50.6 Å². The van der Waals surface area contributed by atoms with E-state index in [1.165, 1.54) is 12.1 Å². The predicted molar refractivity (Wildman–Crippen MR) is 93.2 cm³/mol. The van der Waals surface area contributed by atoms with Crippen molar-refractivity contribution in [1.29, 1.82) is 5.26 Å². The van der Waals surface area contributed by atoms with Crippen molar-refractivity contribution in [2.45, 2.75) is 26.4 Å². The minimum absolute atomic E-state index is 0.154. The molecule has 0 aromatic heterocycles. The van der Waals surface area contributed by atoms with Gasteiger partial charge in [0.2, 0.25) is 5.91 Å². The molecule has 3 rings (SSSR count). The van der Waals surface area contributed by atoms with Crippen LogP contribution in [0.4, 0.5) is 4.39 Å². The number of carbonyl (C=O) groups excluding carboxylic acids is 1. The van der Waals surface area contributed by atoms with Crippen molar-refractivity contribution in [2.75, 3.05) is 39.3 Å². The Morgan fingerprint density at radius 3 is 2.64 bits per heavy atom. The SMILES string of the molecule is CC(=O)N1CCN([C@@H]2CN(Cc3ccc(F)cc3C#N)C[C@H]2C)CC1. The third-order valence-corrected chi connectivity index (χ3v) is 5.46. The predicted octanol–water partition coefficient (Wildman–Crippen LogP) is 1.68. The molecule has 2 fully saturated rings. The number of hydrogen-bond donors (Lipinski definition) is 0. The van der Waals surface area contributed by atoms with Crippen molar-refractivity contribution in [3.05, 3.63) is 35.1 Å². The Hall–Kier alpha value is -1.97. The van der Waals surface area contributed by atoms with Crippen LogP contribution in [0.5, 0.6) is 0 Å². The molecule has 0 unspecified atom stereocenters. The molecule has 0 aliphatic carbocycles. The minimum Gasteiger partial charge on any atom is -0.340 e.